The third-order valence-corrected chi connectivity index (χ3v) is 3.15. The fourth-order valence-electron chi connectivity index (χ4n) is 1.53. The Morgan fingerprint density at radius 2 is 2.29 bits per heavy atom. The van der Waals surface area contributed by atoms with Gasteiger partial charge in [0.05, 0.1) is 23.8 Å². The molecule has 6 heteroatoms. The van der Waals surface area contributed by atoms with Gasteiger partial charge in [0.15, 0.2) is 0 Å². The highest BCUT2D eigenvalue weighted by atomic mass is 35.5. The van der Waals surface area contributed by atoms with Crippen LogP contribution in [-0.2, 0) is 4.74 Å². The van der Waals surface area contributed by atoms with Gasteiger partial charge in [-0.2, -0.15) is 0 Å². The van der Waals surface area contributed by atoms with Crippen LogP contribution in [0.25, 0.3) is 0 Å². The van der Waals surface area contributed by atoms with Crippen molar-refractivity contribution in [2.24, 2.45) is 5.41 Å². The Morgan fingerprint density at radius 1 is 1.59 bits per heavy atom. The summed E-state index contributed by atoms with van der Waals surface area (Å²) >= 11 is 11.6. The van der Waals surface area contributed by atoms with Crippen LogP contribution < -0.4 is 5.32 Å². The second-order valence-electron chi connectivity index (χ2n) is 4.47. The molecule has 1 aliphatic rings. The maximum absolute atomic E-state index is 11.9. The van der Waals surface area contributed by atoms with Crippen molar-refractivity contribution >= 4 is 29.1 Å². The first kappa shape index (κ1) is 12.6. The molecule has 17 heavy (non-hydrogen) atoms. The van der Waals surface area contributed by atoms with Gasteiger partial charge in [-0.3, -0.25) is 4.79 Å². The van der Waals surface area contributed by atoms with Crippen LogP contribution in [0.3, 0.4) is 0 Å². The molecule has 1 amide bonds. The van der Waals surface area contributed by atoms with Gasteiger partial charge in [0.25, 0.3) is 5.91 Å². The maximum Gasteiger partial charge on any atom is 0.252 e. The number of aromatic nitrogens is 1. The molecule has 0 unspecified atom stereocenters. The monoisotopic (exact) mass is 274 g/mol. The number of amides is 1. The molecule has 0 bridgehead atoms. The van der Waals surface area contributed by atoms with Gasteiger partial charge in [0.2, 0.25) is 0 Å². The molecule has 1 saturated heterocycles. The molecule has 1 fully saturated rings. The summed E-state index contributed by atoms with van der Waals surface area (Å²) in [5.41, 5.74) is 0.370. The molecular formula is C11H12Cl2N2O2. The molecule has 1 aromatic rings. The molecule has 1 aliphatic heterocycles. The summed E-state index contributed by atoms with van der Waals surface area (Å²) in [6, 6.07) is 1.46. The smallest absolute Gasteiger partial charge is 0.252 e. The van der Waals surface area contributed by atoms with E-state index in [0.29, 0.717) is 30.3 Å². The van der Waals surface area contributed by atoms with Gasteiger partial charge in [-0.1, -0.05) is 30.1 Å². The Balaban J connectivity index is 2.01. The summed E-state index contributed by atoms with van der Waals surface area (Å²) in [6.45, 7) is 3.94. The summed E-state index contributed by atoms with van der Waals surface area (Å²) in [7, 11) is 0. The summed E-state index contributed by atoms with van der Waals surface area (Å²) < 4.78 is 5.11. The number of hydrogen-bond donors (Lipinski definition) is 1. The van der Waals surface area contributed by atoms with Crippen molar-refractivity contribution in [2.45, 2.75) is 6.92 Å². The molecule has 92 valence electrons. The number of nitrogens with one attached hydrogen (secondary N) is 1. The van der Waals surface area contributed by atoms with Crippen LogP contribution in [-0.4, -0.2) is 30.6 Å². The van der Waals surface area contributed by atoms with Crippen molar-refractivity contribution in [3.8, 4) is 0 Å². The fourth-order valence-corrected chi connectivity index (χ4v) is 1.88. The lowest BCUT2D eigenvalue weighted by molar-refractivity contribution is -0.0978. The van der Waals surface area contributed by atoms with Crippen molar-refractivity contribution < 1.29 is 9.53 Å². The van der Waals surface area contributed by atoms with Gasteiger partial charge in [-0.25, -0.2) is 4.98 Å². The van der Waals surface area contributed by atoms with Crippen LogP contribution in [0, 0.1) is 5.41 Å². The van der Waals surface area contributed by atoms with E-state index >= 15 is 0 Å². The predicted octanol–water partition coefficient (Wildman–Crippen LogP) is 2.15. The van der Waals surface area contributed by atoms with E-state index < -0.39 is 0 Å². The van der Waals surface area contributed by atoms with E-state index in [4.69, 9.17) is 27.9 Å². The standard InChI is InChI=1S/C11H12Cl2N2O2/c1-11(5-17-6-11)4-15-10(16)7-2-9(13)14-3-8(7)12/h2-3H,4-6H2,1H3,(H,15,16). The number of halogens is 2. The highest BCUT2D eigenvalue weighted by molar-refractivity contribution is 6.35. The number of ether oxygens (including phenoxy) is 1. The average molecular weight is 275 g/mol. The summed E-state index contributed by atoms with van der Waals surface area (Å²) in [5, 5.41) is 3.36. The van der Waals surface area contributed by atoms with Crippen LogP contribution >= 0.6 is 23.2 Å². The van der Waals surface area contributed by atoms with E-state index in [0.717, 1.165) is 0 Å². The average Bonchev–Trinajstić information content (AvgIpc) is 2.26. The molecule has 0 radical (unpaired) electrons. The zero-order valence-electron chi connectivity index (χ0n) is 9.30. The lowest BCUT2D eigenvalue weighted by Gasteiger charge is -2.38. The summed E-state index contributed by atoms with van der Waals surface area (Å²) in [5.74, 6) is -0.243. The van der Waals surface area contributed by atoms with Crippen LogP contribution in [0.15, 0.2) is 12.3 Å². The molecule has 0 aliphatic carbocycles. The minimum atomic E-state index is -0.243. The maximum atomic E-state index is 11.9. The van der Waals surface area contributed by atoms with Crippen molar-refractivity contribution in [1.29, 1.82) is 0 Å². The first-order valence-corrected chi connectivity index (χ1v) is 5.93. The number of rotatable bonds is 3. The van der Waals surface area contributed by atoms with Crippen LogP contribution in [0.1, 0.15) is 17.3 Å². The molecule has 0 aromatic carbocycles. The van der Waals surface area contributed by atoms with Crippen LogP contribution in [0.2, 0.25) is 10.2 Å². The van der Waals surface area contributed by atoms with E-state index in [9.17, 15) is 4.79 Å². The Bertz CT molecular complexity index is 447. The minimum Gasteiger partial charge on any atom is -0.380 e. The number of hydrogen-bond acceptors (Lipinski definition) is 3. The van der Waals surface area contributed by atoms with E-state index in [2.05, 4.69) is 17.2 Å². The number of carbonyl (C=O) groups excluding carboxylic acids is 1. The van der Waals surface area contributed by atoms with Gasteiger partial charge in [0, 0.05) is 18.2 Å². The van der Waals surface area contributed by atoms with Crippen LogP contribution in [0.4, 0.5) is 0 Å². The van der Waals surface area contributed by atoms with E-state index in [1.54, 1.807) is 0 Å². The van der Waals surface area contributed by atoms with Gasteiger partial charge >= 0.3 is 0 Å². The molecule has 2 heterocycles. The van der Waals surface area contributed by atoms with Crippen molar-refractivity contribution in [2.75, 3.05) is 19.8 Å². The molecule has 4 nitrogen and oxygen atoms in total. The third kappa shape index (κ3) is 2.89. The molecular weight excluding hydrogens is 263 g/mol. The molecule has 1 aromatic heterocycles. The number of nitrogens with zero attached hydrogens (tertiary/aromatic N) is 1. The topological polar surface area (TPSA) is 51.2 Å². The molecule has 2 rings (SSSR count). The summed E-state index contributed by atoms with van der Waals surface area (Å²) in [6.07, 6.45) is 1.37. The number of pyridine rings is 1. The quantitative estimate of drug-likeness (QED) is 0.860. The SMILES string of the molecule is CC1(CNC(=O)c2cc(Cl)ncc2Cl)COC1. The second kappa shape index (κ2) is 4.80. The Morgan fingerprint density at radius 3 is 2.88 bits per heavy atom. The van der Waals surface area contributed by atoms with Crippen molar-refractivity contribution in [1.82, 2.24) is 10.3 Å². The molecule has 0 saturated carbocycles. The third-order valence-electron chi connectivity index (χ3n) is 2.64. The van der Waals surface area contributed by atoms with Gasteiger partial charge in [0.1, 0.15) is 5.15 Å². The second-order valence-corrected chi connectivity index (χ2v) is 5.27. The Kier molecular flexibility index (Phi) is 3.56. The Labute approximate surface area is 109 Å². The van der Waals surface area contributed by atoms with Gasteiger partial charge < -0.3 is 10.1 Å². The van der Waals surface area contributed by atoms with E-state index in [-0.39, 0.29) is 16.5 Å². The van der Waals surface area contributed by atoms with Gasteiger partial charge in [-0.15, -0.1) is 0 Å². The number of carbonyl (C=O) groups is 1. The lowest BCUT2D eigenvalue weighted by atomic mass is 9.89. The first-order chi connectivity index (χ1) is 8.00. The first-order valence-electron chi connectivity index (χ1n) is 5.17. The minimum absolute atomic E-state index is 0.0267. The van der Waals surface area contributed by atoms with E-state index in [1.165, 1.54) is 12.3 Å². The molecule has 1 N–H and O–H groups in total. The lowest BCUT2D eigenvalue weighted by Crippen LogP contribution is -2.48. The van der Waals surface area contributed by atoms with E-state index in [1.807, 2.05) is 0 Å². The fraction of sp³-hybridized carbons (Fsp3) is 0.455. The zero-order chi connectivity index (χ0) is 12.5. The molecule has 0 atom stereocenters. The largest absolute Gasteiger partial charge is 0.380 e. The van der Waals surface area contributed by atoms with Crippen molar-refractivity contribution in [3.63, 3.8) is 0 Å². The highest BCUT2D eigenvalue weighted by Gasteiger charge is 2.33. The van der Waals surface area contributed by atoms with Gasteiger partial charge in [-0.05, 0) is 6.07 Å². The van der Waals surface area contributed by atoms with Crippen LogP contribution in [0.5, 0.6) is 0 Å². The Hall–Kier alpha value is -0.840. The summed E-state index contributed by atoms with van der Waals surface area (Å²) in [4.78, 5) is 15.7. The normalized spacial score (nSPS) is 17.4. The molecule has 0 spiro atoms. The van der Waals surface area contributed by atoms with Crippen molar-refractivity contribution in [3.05, 3.63) is 28.0 Å². The predicted molar refractivity (Wildman–Crippen MR) is 65.5 cm³/mol. The highest BCUT2D eigenvalue weighted by Crippen LogP contribution is 2.25. The zero-order valence-corrected chi connectivity index (χ0v) is 10.8.